The Morgan fingerprint density at radius 3 is 2.58 bits per heavy atom. The van der Waals surface area contributed by atoms with Crippen molar-refractivity contribution in [3.05, 3.63) is 65.9 Å². The molecule has 1 saturated heterocycles. The highest BCUT2D eigenvalue weighted by Gasteiger charge is 2.20. The number of hydrogen-bond donors (Lipinski definition) is 3. The van der Waals surface area contributed by atoms with Gasteiger partial charge < -0.3 is 25.6 Å². The van der Waals surface area contributed by atoms with E-state index >= 15 is 0 Å². The Morgan fingerprint density at radius 2 is 1.83 bits per heavy atom. The van der Waals surface area contributed by atoms with E-state index in [9.17, 15) is 9.59 Å². The molecule has 1 fully saturated rings. The summed E-state index contributed by atoms with van der Waals surface area (Å²) in [5.74, 6) is 0.921. The van der Waals surface area contributed by atoms with Gasteiger partial charge in [0, 0.05) is 49.7 Å². The number of nitrogens with one attached hydrogen (secondary N) is 3. The van der Waals surface area contributed by atoms with Crippen LogP contribution in [-0.4, -0.2) is 61.2 Å². The van der Waals surface area contributed by atoms with Gasteiger partial charge in [0.15, 0.2) is 0 Å². The number of aromatic nitrogens is 1. The number of carbonyl (C=O) groups is 2. The average Bonchev–Trinajstić information content (AvgIpc) is 2.88. The zero-order valence-corrected chi connectivity index (χ0v) is 21.0. The number of anilines is 1. The third kappa shape index (κ3) is 7.18. The van der Waals surface area contributed by atoms with Crippen LogP contribution in [0.4, 0.5) is 10.5 Å². The molecule has 1 aliphatic heterocycles. The summed E-state index contributed by atoms with van der Waals surface area (Å²) in [7, 11) is 1.65. The van der Waals surface area contributed by atoms with Crippen LogP contribution >= 0.6 is 0 Å². The Hall–Kier alpha value is -3.65. The predicted octanol–water partition coefficient (Wildman–Crippen LogP) is 3.89. The van der Waals surface area contributed by atoms with Crippen LogP contribution in [0.1, 0.15) is 30.5 Å². The van der Waals surface area contributed by atoms with Crippen LogP contribution in [0.15, 0.2) is 54.6 Å². The first-order chi connectivity index (χ1) is 17.5. The van der Waals surface area contributed by atoms with E-state index in [1.165, 1.54) is 0 Å². The lowest BCUT2D eigenvalue weighted by molar-refractivity contribution is -0.122. The first kappa shape index (κ1) is 25.4. The molecule has 3 aromatic rings. The maximum absolute atomic E-state index is 12.5. The number of urea groups is 1. The zero-order chi connectivity index (χ0) is 25.3. The van der Waals surface area contributed by atoms with Crippen LogP contribution < -0.4 is 20.7 Å². The van der Waals surface area contributed by atoms with Crippen molar-refractivity contribution in [3.8, 4) is 5.75 Å². The summed E-state index contributed by atoms with van der Waals surface area (Å²) in [6.45, 7) is 5.07. The minimum absolute atomic E-state index is 0.0986. The molecule has 4 rings (SSSR count). The normalized spacial score (nSPS) is 14.4. The molecule has 1 aliphatic rings. The number of piperidine rings is 1. The zero-order valence-electron chi connectivity index (χ0n) is 21.0. The molecule has 1 aromatic heterocycles. The molecule has 2 heterocycles. The summed E-state index contributed by atoms with van der Waals surface area (Å²) in [5, 5.41) is 10.0. The van der Waals surface area contributed by atoms with Crippen molar-refractivity contribution in [1.29, 1.82) is 0 Å². The largest absolute Gasteiger partial charge is 0.497 e. The van der Waals surface area contributed by atoms with Gasteiger partial charge in [-0.2, -0.15) is 0 Å². The molecule has 0 unspecified atom stereocenters. The summed E-state index contributed by atoms with van der Waals surface area (Å²) in [6, 6.07) is 17.5. The SMILES string of the molecule is COc1ccc(CCC(=O)NC2CCN(CCNC(=O)Nc3cc(C)nc4ccccc34)CC2)cc1. The number of carbonyl (C=O) groups excluding carboxylic acids is 2. The lowest BCUT2D eigenvalue weighted by atomic mass is 10.0. The second kappa shape index (κ2) is 12.4. The molecule has 0 spiro atoms. The molecule has 3 N–H and O–H groups in total. The maximum Gasteiger partial charge on any atom is 0.319 e. The third-order valence-corrected chi connectivity index (χ3v) is 6.56. The van der Waals surface area contributed by atoms with Gasteiger partial charge in [-0.3, -0.25) is 9.78 Å². The Bertz CT molecular complexity index is 1170. The summed E-state index contributed by atoms with van der Waals surface area (Å²) in [4.78, 5) is 31.7. The van der Waals surface area contributed by atoms with Crippen molar-refractivity contribution in [2.75, 3.05) is 38.6 Å². The fraction of sp³-hybridized carbons (Fsp3) is 0.393. The molecule has 0 bridgehead atoms. The standard InChI is InChI=1S/C28H35N5O3/c1-20-19-26(24-5-3-4-6-25(24)30-20)32-28(35)29-15-18-33-16-13-22(14-17-33)31-27(34)12-9-21-7-10-23(36-2)11-8-21/h3-8,10-11,19,22H,9,12-18H2,1-2H3,(H,31,34)(H2,29,30,32,35). The van der Waals surface area contributed by atoms with Crippen molar-refractivity contribution in [1.82, 2.24) is 20.5 Å². The lowest BCUT2D eigenvalue weighted by Crippen LogP contribution is -2.46. The fourth-order valence-corrected chi connectivity index (χ4v) is 4.56. The van der Waals surface area contributed by atoms with Gasteiger partial charge >= 0.3 is 6.03 Å². The number of para-hydroxylation sites is 1. The number of ether oxygens (including phenoxy) is 1. The minimum atomic E-state index is -0.218. The Labute approximate surface area is 212 Å². The van der Waals surface area contributed by atoms with Crippen molar-refractivity contribution >= 4 is 28.5 Å². The van der Waals surface area contributed by atoms with E-state index in [4.69, 9.17) is 4.74 Å². The second-order valence-electron chi connectivity index (χ2n) is 9.24. The average molecular weight is 490 g/mol. The summed E-state index contributed by atoms with van der Waals surface area (Å²) in [5.41, 5.74) is 3.62. The van der Waals surface area contributed by atoms with Crippen molar-refractivity contribution in [2.45, 2.75) is 38.6 Å². The van der Waals surface area contributed by atoms with Crippen LogP contribution in [-0.2, 0) is 11.2 Å². The number of rotatable bonds is 9. The van der Waals surface area contributed by atoms with Gasteiger partial charge in [-0.1, -0.05) is 30.3 Å². The van der Waals surface area contributed by atoms with E-state index in [0.717, 1.165) is 72.5 Å². The molecule has 0 radical (unpaired) electrons. The minimum Gasteiger partial charge on any atom is -0.497 e. The van der Waals surface area contributed by atoms with Gasteiger partial charge in [0.1, 0.15) is 5.75 Å². The van der Waals surface area contributed by atoms with Gasteiger partial charge in [-0.15, -0.1) is 0 Å². The number of pyridine rings is 1. The van der Waals surface area contributed by atoms with Crippen LogP contribution in [0.5, 0.6) is 5.75 Å². The number of nitrogens with zero attached hydrogens (tertiary/aromatic N) is 2. The van der Waals surface area contributed by atoms with E-state index in [-0.39, 0.29) is 18.0 Å². The van der Waals surface area contributed by atoms with Crippen LogP contribution in [0, 0.1) is 6.92 Å². The van der Waals surface area contributed by atoms with E-state index in [2.05, 4.69) is 25.8 Å². The Morgan fingerprint density at radius 1 is 1.08 bits per heavy atom. The highest BCUT2D eigenvalue weighted by Crippen LogP contribution is 2.22. The molecular weight excluding hydrogens is 454 g/mol. The fourth-order valence-electron chi connectivity index (χ4n) is 4.56. The quantitative estimate of drug-likeness (QED) is 0.424. The number of benzene rings is 2. The molecule has 190 valence electrons. The molecule has 8 heteroatoms. The van der Waals surface area contributed by atoms with E-state index < -0.39 is 0 Å². The smallest absolute Gasteiger partial charge is 0.319 e. The molecule has 0 atom stereocenters. The number of methoxy groups -OCH3 is 1. The summed E-state index contributed by atoms with van der Waals surface area (Å²) in [6.07, 6.45) is 3.04. The number of fused-ring (bicyclic) bond motifs is 1. The highest BCUT2D eigenvalue weighted by atomic mass is 16.5. The molecule has 8 nitrogen and oxygen atoms in total. The van der Waals surface area contributed by atoms with Crippen LogP contribution in [0.3, 0.4) is 0 Å². The maximum atomic E-state index is 12.5. The van der Waals surface area contributed by atoms with Gasteiger partial charge in [0.25, 0.3) is 0 Å². The van der Waals surface area contributed by atoms with E-state index in [1.54, 1.807) is 7.11 Å². The molecule has 2 aromatic carbocycles. The van der Waals surface area contributed by atoms with E-state index in [1.807, 2.05) is 61.5 Å². The van der Waals surface area contributed by atoms with Crippen molar-refractivity contribution < 1.29 is 14.3 Å². The number of aryl methyl sites for hydroxylation is 2. The molecule has 0 aliphatic carbocycles. The summed E-state index contributed by atoms with van der Waals surface area (Å²) >= 11 is 0. The van der Waals surface area contributed by atoms with Gasteiger partial charge in [0.05, 0.1) is 18.3 Å². The monoisotopic (exact) mass is 489 g/mol. The van der Waals surface area contributed by atoms with Crippen molar-refractivity contribution in [3.63, 3.8) is 0 Å². The highest BCUT2D eigenvalue weighted by molar-refractivity contribution is 6.00. The second-order valence-corrected chi connectivity index (χ2v) is 9.24. The lowest BCUT2D eigenvalue weighted by Gasteiger charge is -2.32. The molecule has 3 amide bonds. The predicted molar refractivity (Wildman–Crippen MR) is 142 cm³/mol. The first-order valence-electron chi connectivity index (χ1n) is 12.6. The number of hydrogen-bond acceptors (Lipinski definition) is 5. The number of likely N-dealkylation sites (tertiary alicyclic amines) is 1. The topological polar surface area (TPSA) is 95.6 Å². The molecule has 36 heavy (non-hydrogen) atoms. The molecule has 0 saturated carbocycles. The van der Waals surface area contributed by atoms with Gasteiger partial charge in [0.2, 0.25) is 5.91 Å². The summed E-state index contributed by atoms with van der Waals surface area (Å²) < 4.78 is 5.17. The van der Waals surface area contributed by atoms with Gasteiger partial charge in [-0.05, 0) is 56.0 Å². The van der Waals surface area contributed by atoms with Gasteiger partial charge in [-0.25, -0.2) is 4.79 Å². The van der Waals surface area contributed by atoms with Crippen molar-refractivity contribution in [2.24, 2.45) is 0 Å². The Balaban J connectivity index is 1.13. The third-order valence-electron chi connectivity index (χ3n) is 6.56. The Kier molecular flexibility index (Phi) is 8.73. The van der Waals surface area contributed by atoms with Crippen LogP contribution in [0.2, 0.25) is 0 Å². The van der Waals surface area contributed by atoms with E-state index in [0.29, 0.717) is 13.0 Å². The number of amides is 3. The first-order valence-corrected chi connectivity index (χ1v) is 12.6. The van der Waals surface area contributed by atoms with Crippen LogP contribution in [0.25, 0.3) is 10.9 Å². The molecular formula is C28H35N5O3.